The normalized spacial score (nSPS) is 15.1. The number of aromatic amines is 1. The highest BCUT2D eigenvalue weighted by molar-refractivity contribution is 7.89. The summed E-state index contributed by atoms with van der Waals surface area (Å²) in [7, 11) is -2.15. The zero-order valence-electron chi connectivity index (χ0n) is 16.9. The lowest BCUT2D eigenvalue weighted by atomic mass is 10.1. The third kappa shape index (κ3) is 4.33. The molecular weight excluding hydrogens is 422 g/mol. The van der Waals surface area contributed by atoms with Gasteiger partial charge in [0.2, 0.25) is 15.9 Å². The number of hydrogen-bond acceptors (Lipinski definition) is 5. The van der Waals surface area contributed by atoms with E-state index in [2.05, 4.69) is 15.8 Å². The molecular formula is C20H23N5O5S. The summed E-state index contributed by atoms with van der Waals surface area (Å²) in [6.07, 6.45) is 3.22. The van der Waals surface area contributed by atoms with Gasteiger partial charge in [0.15, 0.2) is 0 Å². The van der Waals surface area contributed by atoms with E-state index in [4.69, 9.17) is 4.74 Å². The first-order chi connectivity index (χ1) is 14.9. The Kier molecular flexibility index (Phi) is 5.81. The van der Waals surface area contributed by atoms with Crippen LogP contribution in [0.25, 0.3) is 10.9 Å². The van der Waals surface area contributed by atoms with E-state index in [-0.39, 0.29) is 30.1 Å². The molecule has 0 radical (unpaired) electrons. The van der Waals surface area contributed by atoms with Gasteiger partial charge in [-0.25, -0.2) is 8.42 Å². The number of ether oxygens (including phenoxy) is 1. The van der Waals surface area contributed by atoms with E-state index in [1.54, 1.807) is 13.2 Å². The molecule has 31 heavy (non-hydrogen) atoms. The number of morpholine rings is 1. The van der Waals surface area contributed by atoms with Crippen LogP contribution in [0.3, 0.4) is 0 Å². The van der Waals surface area contributed by atoms with Crippen molar-refractivity contribution in [1.29, 1.82) is 0 Å². The maximum atomic E-state index is 12.8. The van der Waals surface area contributed by atoms with Crippen LogP contribution in [0.4, 0.5) is 0 Å². The molecule has 10 nitrogen and oxygen atoms in total. The van der Waals surface area contributed by atoms with E-state index in [1.807, 2.05) is 24.3 Å². The van der Waals surface area contributed by atoms with Crippen molar-refractivity contribution in [3.8, 4) is 0 Å². The van der Waals surface area contributed by atoms with Crippen molar-refractivity contribution in [1.82, 2.24) is 24.7 Å². The van der Waals surface area contributed by atoms with Crippen LogP contribution in [0, 0.1) is 0 Å². The maximum absolute atomic E-state index is 12.8. The minimum atomic E-state index is -3.72. The Hall–Kier alpha value is -3.15. The second-order valence-corrected chi connectivity index (χ2v) is 9.16. The Bertz CT molecular complexity index is 1220. The van der Waals surface area contributed by atoms with Crippen molar-refractivity contribution in [3.63, 3.8) is 0 Å². The summed E-state index contributed by atoms with van der Waals surface area (Å²) >= 11 is 0. The van der Waals surface area contributed by atoms with Crippen LogP contribution in [0.15, 0.2) is 47.6 Å². The molecule has 3 heterocycles. The Morgan fingerprint density at radius 2 is 1.90 bits per heavy atom. The average molecular weight is 446 g/mol. The first kappa shape index (κ1) is 21.1. The zero-order chi connectivity index (χ0) is 22.0. The van der Waals surface area contributed by atoms with E-state index >= 15 is 0 Å². The number of fused-ring (bicyclic) bond motifs is 1. The van der Waals surface area contributed by atoms with E-state index < -0.39 is 21.8 Å². The zero-order valence-corrected chi connectivity index (χ0v) is 17.7. The number of aryl methyl sites for hydroxylation is 1. The number of sulfonamides is 1. The van der Waals surface area contributed by atoms with Gasteiger partial charge in [-0.1, -0.05) is 18.2 Å². The topological polar surface area (TPSA) is 126 Å². The van der Waals surface area contributed by atoms with Crippen LogP contribution in [0.2, 0.25) is 0 Å². The summed E-state index contributed by atoms with van der Waals surface area (Å²) in [6, 6.07) is 8.91. The van der Waals surface area contributed by atoms with Crippen molar-refractivity contribution in [2.45, 2.75) is 11.3 Å². The number of carbonyl (C=O) groups is 2. The minimum Gasteiger partial charge on any atom is -0.379 e. The molecule has 0 unspecified atom stereocenters. The average Bonchev–Trinajstić information content (AvgIpc) is 3.37. The highest BCUT2D eigenvalue weighted by Gasteiger charge is 2.28. The quantitative estimate of drug-likeness (QED) is 0.494. The van der Waals surface area contributed by atoms with Gasteiger partial charge < -0.3 is 14.3 Å². The Balaban J connectivity index is 1.40. The number of amides is 2. The molecule has 3 N–H and O–H groups in total. The van der Waals surface area contributed by atoms with Gasteiger partial charge in [-0.15, -0.1) is 0 Å². The number of rotatable bonds is 5. The van der Waals surface area contributed by atoms with E-state index in [0.29, 0.717) is 13.2 Å². The van der Waals surface area contributed by atoms with Crippen molar-refractivity contribution in [2.75, 3.05) is 26.3 Å². The van der Waals surface area contributed by atoms with Crippen molar-refractivity contribution >= 4 is 32.7 Å². The monoisotopic (exact) mass is 445 g/mol. The summed E-state index contributed by atoms with van der Waals surface area (Å²) in [5, 5.41) is 0.935. The standard InChI is InChI=1S/C20H23N5O5S/c1-24-13-15(31(28,29)25-6-8-30-9-7-25)11-18(24)20(27)23-22-19(26)10-14-12-21-17-5-3-2-4-16(14)17/h2-5,11-13,21H,6-10H2,1H3,(H,22,26)(H,23,27). The molecule has 164 valence electrons. The first-order valence-corrected chi connectivity index (χ1v) is 11.2. The molecule has 2 amide bonds. The summed E-state index contributed by atoms with van der Waals surface area (Å²) in [4.78, 5) is 27.9. The Morgan fingerprint density at radius 1 is 1.16 bits per heavy atom. The third-order valence-electron chi connectivity index (χ3n) is 5.16. The van der Waals surface area contributed by atoms with Crippen LogP contribution in [-0.4, -0.2) is 60.4 Å². The fourth-order valence-electron chi connectivity index (χ4n) is 3.52. The number of nitrogens with zero attached hydrogens (tertiary/aromatic N) is 2. The van der Waals surface area contributed by atoms with Gasteiger partial charge in [-0.3, -0.25) is 20.4 Å². The molecule has 0 aliphatic carbocycles. The molecule has 3 aromatic rings. The largest absolute Gasteiger partial charge is 0.379 e. The summed E-state index contributed by atoms with van der Waals surface area (Å²) < 4.78 is 33.5. The third-order valence-corrected chi connectivity index (χ3v) is 7.03. The smallest absolute Gasteiger partial charge is 0.286 e. The summed E-state index contributed by atoms with van der Waals surface area (Å²) in [5.74, 6) is -1.01. The molecule has 0 bridgehead atoms. The fraction of sp³-hybridized carbons (Fsp3) is 0.300. The number of nitrogens with one attached hydrogen (secondary N) is 3. The lowest BCUT2D eigenvalue weighted by molar-refractivity contribution is -0.121. The van der Waals surface area contributed by atoms with Crippen LogP contribution in [0.5, 0.6) is 0 Å². The lowest BCUT2D eigenvalue weighted by Gasteiger charge is -2.25. The van der Waals surface area contributed by atoms with Crippen LogP contribution in [-0.2, 0) is 33.0 Å². The van der Waals surface area contributed by atoms with Crippen LogP contribution >= 0.6 is 0 Å². The summed E-state index contributed by atoms with van der Waals surface area (Å²) in [6.45, 7) is 1.20. The van der Waals surface area contributed by atoms with Gasteiger partial charge in [0, 0.05) is 43.4 Å². The SMILES string of the molecule is Cn1cc(S(=O)(=O)N2CCOCC2)cc1C(=O)NNC(=O)Cc1c[nH]c2ccccc12. The summed E-state index contributed by atoms with van der Waals surface area (Å²) in [5.41, 5.74) is 6.57. The predicted molar refractivity (Wildman–Crippen MR) is 113 cm³/mol. The van der Waals surface area contributed by atoms with Gasteiger partial charge in [0.05, 0.1) is 19.6 Å². The fourth-order valence-corrected chi connectivity index (χ4v) is 5.00. The van der Waals surface area contributed by atoms with Gasteiger partial charge in [-0.2, -0.15) is 4.31 Å². The second kappa shape index (κ2) is 8.53. The highest BCUT2D eigenvalue weighted by Crippen LogP contribution is 2.20. The maximum Gasteiger partial charge on any atom is 0.286 e. The highest BCUT2D eigenvalue weighted by atomic mass is 32.2. The predicted octanol–water partition coefficient (Wildman–Crippen LogP) is 0.531. The van der Waals surface area contributed by atoms with E-state index in [0.717, 1.165) is 16.5 Å². The second-order valence-electron chi connectivity index (χ2n) is 7.23. The molecule has 1 aromatic carbocycles. The van der Waals surface area contributed by atoms with E-state index in [9.17, 15) is 18.0 Å². The van der Waals surface area contributed by atoms with Crippen LogP contribution < -0.4 is 10.9 Å². The molecule has 11 heteroatoms. The van der Waals surface area contributed by atoms with Crippen molar-refractivity contribution in [3.05, 3.63) is 54.0 Å². The first-order valence-electron chi connectivity index (χ1n) is 9.74. The molecule has 0 spiro atoms. The van der Waals surface area contributed by atoms with Crippen molar-refractivity contribution in [2.24, 2.45) is 7.05 Å². The minimum absolute atomic E-state index is 0.0205. The van der Waals surface area contributed by atoms with Crippen LogP contribution in [0.1, 0.15) is 16.1 Å². The number of benzene rings is 1. The molecule has 1 fully saturated rings. The molecule has 4 rings (SSSR count). The van der Waals surface area contributed by atoms with Gasteiger partial charge in [-0.05, 0) is 17.7 Å². The number of hydrogen-bond donors (Lipinski definition) is 3. The number of aromatic nitrogens is 2. The molecule has 2 aromatic heterocycles. The molecule has 1 saturated heterocycles. The number of hydrazine groups is 1. The Morgan fingerprint density at radius 3 is 2.68 bits per heavy atom. The molecule has 1 aliphatic heterocycles. The number of para-hydroxylation sites is 1. The van der Waals surface area contributed by atoms with Crippen molar-refractivity contribution < 1.29 is 22.7 Å². The van der Waals surface area contributed by atoms with Gasteiger partial charge in [0.25, 0.3) is 5.91 Å². The molecule has 0 saturated carbocycles. The Labute approximate surface area is 179 Å². The van der Waals surface area contributed by atoms with Gasteiger partial charge in [0.1, 0.15) is 10.6 Å². The van der Waals surface area contributed by atoms with E-state index in [1.165, 1.54) is 21.1 Å². The number of H-pyrrole nitrogens is 1. The lowest BCUT2D eigenvalue weighted by Crippen LogP contribution is -2.43. The number of carbonyl (C=O) groups excluding carboxylic acids is 2. The molecule has 0 atom stereocenters. The molecule has 1 aliphatic rings. The van der Waals surface area contributed by atoms with Gasteiger partial charge >= 0.3 is 0 Å².